The van der Waals surface area contributed by atoms with E-state index < -0.39 is 22.5 Å². The predicted molar refractivity (Wildman–Crippen MR) is 151 cm³/mol. The highest BCUT2D eigenvalue weighted by atomic mass is 79.9. The minimum atomic E-state index is -4.11. The van der Waals surface area contributed by atoms with Crippen LogP contribution in [0.25, 0.3) is 0 Å². The van der Waals surface area contributed by atoms with Gasteiger partial charge in [0.05, 0.1) is 42.1 Å². The fraction of sp³-hybridized carbons (Fsp3) is 0.259. The number of carbonyl (C=O) groups is 1. The van der Waals surface area contributed by atoms with Crippen molar-refractivity contribution in [2.24, 2.45) is 5.10 Å². The lowest BCUT2D eigenvalue weighted by molar-refractivity contribution is -0.119. The molecule has 0 fully saturated rings. The minimum absolute atomic E-state index is 0.00151. The summed E-state index contributed by atoms with van der Waals surface area (Å²) < 4.78 is 44.7. The van der Waals surface area contributed by atoms with Gasteiger partial charge in [0.25, 0.3) is 15.9 Å². The lowest BCUT2D eigenvalue weighted by Gasteiger charge is -2.24. The van der Waals surface area contributed by atoms with Crippen molar-refractivity contribution in [2.45, 2.75) is 25.2 Å². The lowest BCUT2D eigenvalue weighted by atomic mass is 10.1. The molecule has 0 heterocycles. The highest BCUT2D eigenvalue weighted by Gasteiger charge is 2.28. The first-order valence-corrected chi connectivity index (χ1v) is 13.9. The zero-order chi connectivity index (χ0) is 27.9. The van der Waals surface area contributed by atoms with E-state index in [1.807, 2.05) is 13.8 Å². The molecule has 0 saturated heterocycles. The van der Waals surface area contributed by atoms with Crippen molar-refractivity contribution in [3.8, 4) is 17.2 Å². The third-order valence-electron chi connectivity index (χ3n) is 5.69. The number of nitrogens with zero attached hydrogens (tertiary/aromatic N) is 2. The Balaban J connectivity index is 1.91. The van der Waals surface area contributed by atoms with Gasteiger partial charge in [-0.1, -0.05) is 24.6 Å². The normalized spacial score (nSPS) is 11.6. The van der Waals surface area contributed by atoms with Gasteiger partial charge in [-0.05, 0) is 77.8 Å². The molecule has 1 amide bonds. The average Bonchev–Trinajstić information content (AvgIpc) is 2.92. The second-order valence-electron chi connectivity index (χ2n) is 8.16. The van der Waals surface area contributed by atoms with Gasteiger partial charge in [-0.15, -0.1) is 0 Å². The van der Waals surface area contributed by atoms with Gasteiger partial charge in [-0.3, -0.25) is 9.10 Å². The van der Waals surface area contributed by atoms with Gasteiger partial charge in [0.15, 0.2) is 11.5 Å². The van der Waals surface area contributed by atoms with Gasteiger partial charge < -0.3 is 14.2 Å². The van der Waals surface area contributed by atoms with Crippen molar-refractivity contribution >= 4 is 43.3 Å². The molecule has 3 rings (SSSR count). The van der Waals surface area contributed by atoms with E-state index in [0.717, 1.165) is 15.4 Å². The van der Waals surface area contributed by atoms with Crippen LogP contribution in [0.5, 0.6) is 17.2 Å². The number of hydrogen-bond acceptors (Lipinski definition) is 7. The molecule has 0 unspecified atom stereocenters. The summed E-state index contributed by atoms with van der Waals surface area (Å²) in [5.41, 5.74) is 5.12. The molecular formula is C27H30BrN3O6S. The summed E-state index contributed by atoms with van der Waals surface area (Å²) in [6.07, 6.45) is 0.510. The Morgan fingerprint density at radius 2 is 1.55 bits per heavy atom. The molecule has 0 aromatic heterocycles. The molecule has 0 aliphatic carbocycles. The SMILES string of the molecule is CC/C(=N/NC(=O)CN(c1ccc(C)cc1)S(=O)(=O)c1ccc(OC)c(Br)c1)c1ccc(OC)c(OC)c1. The van der Waals surface area contributed by atoms with Crippen LogP contribution in [0.15, 0.2) is 75.1 Å². The molecule has 3 aromatic carbocycles. The van der Waals surface area contributed by atoms with E-state index in [1.54, 1.807) is 55.6 Å². The number of amides is 1. The molecule has 0 spiro atoms. The van der Waals surface area contributed by atoms with Crippen LogP contribution in [-0.2, 0) is 14.8 Å². The summed E-state index contributed by atoms with van der Waals surface area (Å²) in [6.45, 7) is 3.30. The summed E-state index contributed by atoms with van der Waals surface area (Å²) >= 11 is 3.33. The van der Waals surface area contributed by atoms with Gasteiger partial charge in [-0.25, -0.2) is 13.8 Å². The van der Waals surface area contributed by atoms with Crippen LogP contribution < -0.4 is 23.9 Å². The number of benzene rings is 3. The van der Waals surface area contributed by atoms with Crippen molar-refractivity contribution in [3.63, 3.8) is 0 Å². The van der Waals surface area contributed by atoms with Gasteiger partial charge in [0.1, 0.15) is 12.3 Å². The molecule has 202 valence electrons. The van der Waals surface area contributed by atoms with E-state index in [4.69, 9.17) is 14.2 Å². The molecule has 11 heteroatoms. The third kappa shape index (κ3) is 6.65. The van der Waals surface area contributed by atoms with Crippen molar-refractivity contribution in [1.29, 1.82) is 0 Å². The zero-order valence-electron chi connectivity index (χ0n) is 21.8. The maximum absolute atomic E-state index is 13.7. The van der Waals surface area contributed by atoms with Crippen molar-refractivity contribution in [1.82, 2.24) is 5.43 Å². The van der Waals surface area contributed by atoms with E-state index in [2.05, 4.69) is 26.5 Å². The van der Waals surface area contributed by atoms with Gasteiger partial charge in [0.2, 0.25) is 0 Å². The topological polar surface area (TPSA) is 107 Å². The number of anilines is 1. The van der Waals surface area contributed by atoms with Gasteiger partial charge >= 0.3 is 0 Å². The molecule has 3 aromatic rings. The Bertz CT molecular complexity index is 1430. The first-order chi connectivity index (χ1) is 18.1. The number of nitrogens with one attached hydrogen (secondary N) is 1. The number of halogens is 1. The Morgan fingerprint density at radius 3 is 2.13 bits per heavy atom. The average molecular weight is 605 g/mol. The van der Waals surface area contributed by atoms with E-state index in [-0.39, 0.29) is 4.90 Å². The molecule has 1 N–H and O–H groups in total. The largest absolute Gasteiger partial charge is 0.496 e. The standard InChI is InChI=1S/C27H30BrN3O6S/c1-6-23(19-9-13-25(36-4)26(15-19)37-5)29-30-27(32)17-31(20-10-7-18(2)8-11-20)38(33,34)21-12-14-24(35-3)22(28)16-21/h7-16H,6,17H2,1-5H3,(H,30,32)/b29-23-. The first-order valence-electron chi connectivity index (χ1n) is 11.6. The number of sulfonamides is 1. The van der Waals surface area contributed by atoms with E-state index in [0.29, 0.717) is 39.5 Å². The van der Waals surface area contributed by atoms with E-state index in [9.17, 15) is 13.2 Å². The Morgan fingerprint density at radius 1 is 0.921 bits per heavy atom. The smallest absolute Gasteiger partial charge is 0.264 e. The molecule has 0 bridgehead atoms. The summed E-state index contributed by atoms with van der Waals surface area (Å²) in [7, 11) is 0.458. The van der Waals surface area contributed by atoms with Crippen LogP contribution in [-0.4, -0.2) is 47.9 Å². The van der Waals surface area contributed by atoms with Gasteiger partial charge in [-0.2, -0.15) is 5.10 Å². The number of aryl methyl sites for hydroxylation is 1. The van der Waals surface area contributed by atoms with Crippen LogP contribution in [0.2, 0.25) is 0 Å². The highest BCUT2D eigenvalue weighted by molar-refractivity contribution is 9.10. The molecule has 0 aliphatic heterocycles. The number of methoxy groups -OCH3 is 3. The molecule has 0 aliphatic rings. The van der Waals surface area contributed by atoms with Crippen LogP contribution in [0.1, 0.15) is 24.5 Å². The van der Waals surface area contributed by atoms with E-state index >= 15 is 0 Å². The molecule has 0 saturated carbocycles. The summed E-state index contributed by atoms with van der Waals surface area (Å²) in [5.74, 6) is 0.980. The quantitative estimate of drug-likeness (QED) is 0.246. The number of ether oxygens (including phenoxy) is 3. The Hall–Kier alpha value is -3.57. The molecule has 0 radical (unpaired) electrons. The summed E-state index contributed by atoms with van der Waals surface area (Å²) in [5, 5.41) is 4.27. The number of hydrogen-bond donors (Lipinski definition) is 1. The number of hydrazone groups is 1. The van der Waals surface area contributed by atoms with Crippen LogP contribution in [0.3, 0.4) is 0 Å². The van der Waals surface area contributed by atoms with Crippen molar-refractivity contribution < 1.29 is 27.4 Å². The zero-order valence-corrected chi connectivity index (χ0v) is 24.2. The minimum Gasteiger partial charge on any atom is -0.496 e. The van der Waals surface area contributed by atoms with E-state index in [1.165, 1.54) is 26.4 Å². The van der Waals surface area contributed by atoms with Crippen LogP contribution >= 0.6 is 15.9 Å². The lowest BCUT2D eigenvalue weighted by Crippen LogP contribution is -2.39. The molecule has 0 atom stereocenters. The van der Waals surface area contributed by atoms with Crippen LogP contribution in [0.4, 0.5) is 5.69 Å². The second-order valence-corrected chi connectivity index (χ2v) is 10.9. The van der Waals surface area contributed by atoms with Crippen LogP contribution in [0, 0.1) is 6.92 Å². The number of carbonyl (C=O) groups excluding carboxylic acids is 1. The monoisotopic (exact) mass is 603 g/mol. The first kappa shape index (κ1) is 29.0. The third-order valence-corrected chi connectivity index (χ3v) is 8.08. The Kier molecular flexibility index (Phi) is 9.76. The summed E-state index contributed by atoms with van der Waals surface area (Å²) in [6, 6.07) is 16.6. The molecular weight excluding hydrogens is 574 g/mol. The maximum atomic E-state index is 13.7. The van der Waals surface area contributed by atoms with Crippen molar-refractivity contribution in [2.75, 3.05) is 32.2 Å². The number of rotatable bonds is 11. The Labute approximate surface area is 231 Å². The predicted octanol–water partition coefficient (Wildman–Crippen LogP) is 4.91. The summed E-state index contributed by atoms with van der Waals surface area (Å²) in [4.78, 5) is 13.0. The molecule has 38 heavy (non-hydrogen) atoms. The second kappa shape index (κ2) is 12.8. The fourth-order valence-corrected chi connectivity index (χ4v) is 5.76. The molecule has 9 nitrogen and oxygen atoms in total. The fourth-order valence-electron chi connectivity index (χ4n) is 3.62. The maximum Gasteiger partial charge on any atom is 0.264 e. The highest BCUT2D eigenvalue weighted by Crippen LogP contribution is 2.31. The van der Waals surface area contributed by atoms with Crippen molar-refractivity contribution in [3.05, 3.63) is 76.3 Å². The van der Waals surface area contributed by atoms with Gasteiger partial charge in [0, 0.05) is 5.56 Å².